The first-order valence-electron chi connectivity index (χ1n) is 8.76. The summed E-state index contributed by atoms with van der Waals surface area (Å²) in [7, 11) is 4.03. The predicted molar refractivity (Wildman–Crippen MR) is 113 cm³/mol. The van der Waals surface area contributed by atoms with Crippen molar-refractivity contribution in [2.45, 2.75) is 13.8 Å². The lowest BCUT2D eigenvalue weighted by molar-refractivity contribution is 0.0928. The molecule has 2 rings (SSSR count). The van der Waals surface area contributed by atoms with Crippen molar-refractivity contribution in [3.8, 4) is 0 Å². The van der Waals surface area contributed by atoms with Crippen molar-refractivity contribution in [1.29, 1.82) is 0 Å². The molecule has 2 aromatic rings. The van der Waals surface area contributed by atoms with Crippen molar-refractivity contribution < 1.29 is 9.59 Å². The van der Waals surface area contributed by atoms with Crippen LogP contribution in [-0.2, 0) is 0 Å². The molecule has 0 heterocycles. The maximum atomic E-state index is 12.5. The van der Waals surface area contributed by atoms with E-state index in [0.29, 0.717) is 23.4 Å². The molecule has 0 aliphatic rings. The zero-order valence-electron chi connectivity index (χ0n) is 16.2. The summed E-state index contributed by atoms with van der Waals surface area (Å²) in [5.41, 5.74) is 1.61. The molecule has 2 N–H and O–H groups in total. The van der Waals surface area contributed by atoms with Gasteiger partial charge in [-0.3, -0.25) is 9.59 Å². The van der Waals surface area contributed by atoms with Gasteiger partial charge in [0, 0.05) is 34.4 Å². The Balaban J connectivity index is 2.02. The normalized spacial score (nSPS) is 11.3. The molecule has 2 aromatic carbocycles. The number of halogens is 1. The molecule has 2 amide bonds. The third kappa shape index (κ3) is 6.81. The molecule has 0 unspecified atom stereocenters. The minimum atomic E-state index is -0.221. The SMILES string of the molecule is CN(C)CC(C)(C)CNC(=O)c1cccc(NC(=O)c2cccc(Br)c2)c1. The highest BCUT2D eigenvalue weighted by Crippen LogP contribution is 2.17. The molecular formula is C21H26BrN3O2. The van der Waals surface area contributed by atoms with E-state index in [0.717, 1.165) is 11.0 Å². The Morgan fingerprint density at radius 3 is 2.26 bits per heavy atom. The summed E-state index contributed by atoms with van der Waals surface area (Å²) in [5, 5.41) is 5.81. The number of anilines is 1. The minimum absolute atomic E-state index is 0.0360. The topological polar surface area (TPSA) is 61.4 Å². The molecule has 0 aromatic heterocycles. The molecule has 6 heteroatoms. The van der Waals surface area contributed by atoms with Crippen molar-refractivity contribution in [2.24, 2.45) is 5.41 Å². The summed E-state index contributed by atoms with van der Waals surface area (Å²) in [6.07, 6.45) is 0. The van der Waals surface area contributed by atoms with Gasteiger partial charge in [0.1, 0.15) is 0 Å². The molecule has 27 heavy (non-hydrogen) atoms. The first-order valence-corrected chi connectivity index (χ1v) is 9.55. The molecule has 0 atom stereocenters. The van der Waals surface area contributed by atoms with Crippen LogP contribution in [0.1, 0.15) is 34.6 Å². The molecule has 0 saturated heterocycles. The van der Waals surface area contributed by atoms with Crippen LogP contribution >= 0.6 is 15.9 Å². The third-order valence-electron chi connectivity index (χ3n) is 3.94. The van der Waals surface area contributed by atoms with E-state index < -0.39 is 0 Å². The van der Waals surface area contributed by atoms with Gasteiger partial charge in [0.15, 0.2) is 0 Å². The Bertz CT molecular complexity index is 819. The summed E-state index contributed by atoms with van der Waals surface area (Å²) < 4.78 is 0.837. The smallest absolute Gasteiger partial charge is 0.255 e. The molecule has 0 aliphatic carbocycles. The second-order valence-corrected chi connectivity index (χ2v) is 8.55. The van der Waals surface area contributed by atoms with E-state index in [4.69, 9.17) is 0 Å². The average Bonchev–Trinajstić information content (AvgIpc) is 2.59. The highest BCUT2D eigenvalue weighted by atomic mass is 79.9. The van der Waals surface area contributed by atoms with Gasteiger partial charge in [0.25, 0.3) is 11.8 Å². The second kappa shape index (κ2) is 9.15. The van der Waals surface area contributed by atoms with Gasteiger partial charge >= 0.3 is 0 Å². The van der Waals surface area contributed by atoms with Crippen LogP contribution in [0.3, 0.4) is 0 Å². The van der Waals surface area contributed by atoms with Gasteiger partial charge in [-0.25, -0.2) is 0 Å². The Morgan fingerprint density at radius 1 is 1.00 bits per heavy atom. The number of nitrogens with zero attached hydrogens (tertiary/aromatic N) is 1. The number of hydrogen-bond donors (Lipinski definition) is 2. The van der Waals surface area contributed by atoms with Crippen molar-refractivity contribution in [2.75, 3.05) is 32.5 Å². The first kappa shape index (κ1) is 21.1. The summed E-state index contributed by atoms with van der Waals surface area (Å²) in [4.78, 5) is 27.0. The monoisotopic (exact) mass is 431 g/mol. The standard InChI is InChI=1S/C21H26BrN3O2/c1-21(2,14-25(3)4)13-23-19(26)16-8-6-10-18(12-16)24-20(27)15-7-5-9-17(22)11-15/h5-12H,13-14H2,1-4H3,(H,23,26)(H,24,27). The quantitative estimate of drug-likeness (QED) is 0.695. The molecule has 144 valence electrons. The zero-order valence-corrected chi connectivity index (χ0v) is 17.8. The van der Waals surface area contributed by atoms with Gasteiger partial charge in [0.05, 0.1) is 0 Å². The molecule has 0 saturated carbocycles. The molecule has 0 fully saturated rings. The highest BCUT2D eigenvalue weighted by Gasteiger charge is 2.20. The third-order valence-corrected chi connectivity index (χ3v) is 4.43. The van der Waals surface area contributed by atoms with Gasteiger partial charge in [-0.05, 0) is 55.9 Å². The lowest BCUT2D eigenvalue weighted by atomic mass is 9.93. The number of hydrogen-bond acceptors (Lipinski definition) is 3. The summed E-state index contributed by atoms with van der Waals surface area (Å²) in [5.74, 6) is -0.374. The van der Waals surface area contributed by atoms with Crippen LogP contribution < -0.4 is 10.6 Å². The number of carbonyl (C=O) groups excluding carboxylic acids is 2. The molecule has 0 bridgehead atoms. The van der Waals surface area contributed by atoms with Crippen molar-refractivity contribution in [1.82, 2.24) is 10.2 Å². The van der Waals surface area contributed by atoms with Gasteiger partial charge in [0.2, 0.25) is 0 Å². The van der Waals surface area contributed by atoms with Gasteiger partial charge in [-0.1, -0.05) is 41.9 Å². The Morgan fingerprint density at radius 2 is 1.63 bits per heavy atom. The number of benzene rings is 2. The van der Waals surface area contributed by atoms with Crippen molar-refractivity contribution in [3.05, 3.63) is 64.1 Å². The second-order valence-electron chi connectivity index (χ2n) is 7.63. The fraction of sp³-hybridized carbons (Fsp3) is 0.333. The Labute approximate surface area is 169 Å². The number of rotatable bonds is 7. The fourth-order valence-corrected chi connectivity index (χ4v) is 3.30. The van der Waals surface area contributed by atoms with E-state index in [2.05, 4.69) is 45.3 Å². The van der Waals surface area contributed by atoms with Gasteiger partial charge in [-0.2, -0.15) is 0 Å². The minimum Gasteiger partial charge on any atom is -0.351 e. The lowest BCUT2D eigenvalue weighted by Crippen LogP contribution is -2.40. The molecular weight excluding hydrogens is 406 g/mol. The van der Waals surface area contributed by atoms with Crippen molar-refractivity contribution >= 4 is 33.4 Å². The largest absolute Gasteiger partial charge is 0.351 e. The molecule has 0 spiro atoms. The van der Waals surface area contributed by atoms with E-state index in [1.165, 1.54) is 0 Å². The lowest BCUT2D eigenvalue weighted by Gasteiger charge is -2.28. The van der Waals surface area contributed by atoms with Crippen LogP contribution in [-0.4, -0.2) is 43.9 Å². The number of amides is 2. The molecule has 5 nitrogen and oxygen atoms in total. The summed E-state index contributed by atoms with van der Waals surface area (Å²) >= 11 is 3.36. The van der Waals surface area contributed by atoms with E-state index in [-0.39, 0.29) is 17.2 Å². The van der Waals surface area contributed by atoms with Crippen molar-refractivity contribution in [3.63, 3.8) is 0 Å². The van der Waals surface area contributed by atoms with Crippen LogP contribution in [0.25, 0.3) is 0 Å². The maximum Gasteiger partial charge on any atom is 0.255 e. The maximum absolute atomic E-state index is 12.5. The Hall–Kier alpha value is -2.18. The van der Waals surface area contributed by atoms with Crippen LogP contribution in [0.4, 0.5) is 5.69 Å². The highest BCUT2D eigenvalue weighted by molar-refractivity contribution is 9.10. The van der Waals surface area contributed by atoms with Crippen LogP contribution in [0.15, 0.2) is 53.0 Å². The zero-order chi connectivity index (χ0) is 20.0. The Kier molecular flexibility index (Phi) is 7.16. The van der Waals surface area contributed by atoms with Crippen LogP contribution in [0.5, 0.6) is 0 Å². The van der Waals surface area contributed by atoms with E-state index in [1.54, 1.807) is 42.5 Å². The summed E-state index contributed by atoms with van der Waals surface area (Å²) in [6.45, 7) is 5.67. The predicted octanol–water partition coefficient (Wildman–Crippen LogP) is 4.02. The number of carbonyl (C=O) groups is 2. The summed E-state index contributed by atoms with van der Waals surface area (Å²) in [6, 6.07) is 14.1. The fourth-order valence-electron chi connectivity index (χ4n) is 2.90. The average molecular weight is 432 g/mol. The number of nitrogens with one attached hydrogen (secondary N) is 2. The van der Waals surface area contributed by atoms with Gasteiger partial charge < -0.3 is 15.5 Å². The van der Waals surface area contributed by atoms with Crippen LogP contribution in [0.2, 0.25) is 0 Å². The van der Waals surface area contributed by atoms with Crippen LogP contribution in [0, 0.1) is 5.41 Å². The first-order chi connectivity index (χ1) is 12.7. The van der Waals surface area contributed by atoms with Gasteiger partial charge in [-0.15, -0.1) is 0 Å². The van der Waals surface area contributed by atoms with E-state index >= 15 is 0 Å². The van der Waals surface area contributed by atoms with E-state index in [9.17, 15) is 9.59 Å². The molecule has 0 aliphatic heterocycles. The van der Waals surface area contributed by atoms with E-state index in [1.807, 2.05) is 20.2 Å². The molecule has 0 radical (unpaired) electrons.